The number of carbonyl (C=O) groups is 2. The van der Waals surface area contributed by atoms with Crippen LogP contribution in [0.3, 0.4) is 0 Å². The van der Waals surface area contributed by atoms with Gasteiger partial charge >= 0.3 is 6.03 Å². The maximum atomic E-state index is 13.6. The molecule has 0 aliphatic rings. The lowest BCUT2D eigenvalue weighted by molar-refractivity contribution is -0.133. The first-order chi connectivity index (χ1) is 18.3. The Balaban J connectivity index is 1.75. The Morgan fingerprint density at radius 2 is 1.84 bits per heavy atom. The number of ether oxygens (including phenoxy) is 1. The van der Waals surface area contributed by atoms with Gasteiger partial charge in [0, 0.05) is 56.0 Å². The topological polar surface area (TPSA) is 66.8 Å². The lowest BCUT2D eigenvalue weighted by Crippen LogP contribution is -2.46. The third kappa shape index (κ3) is 8.92. The molecule has 0 aliphatic carbocycles. The van der Waals surface area contributed by atoms with Crippen LogP contribution in [0.2, 0.25) is 5.02 Å². The molecule has 1 N–H and O–H groups in total. The summed E-state index contributed by atoms with van der Waals surface area (Å²) in [4.78, 5) is 30.2. The van der Waals surface area contributed by atoms with Gasteiger partial charge in [-0.3, -0.25) is 4.79 Å². The van der Waals surface area contributed by atoms with Gasteiger partial charge in [0.15, 0.2) is 0 Å². The summed E-state index contributed by atoms with van der Waals surface area (Å²) >= 11 is 6.39. The largest absolute Gasteiger partial charge is 0.385 e. The van der Waals surface area contributed by atoms with Crippen molar-refractivity contribution < 1.29 is 14.3 Å². The second-order valence-corrected chi connectivity index (χ2v) is 10.4. The average molecular weight is 539 g/mol. The highest BCUT2D eigenvalue weighted by atomic mass is 35.5. The molecule has 204 valence electrons. The Morgan fingerprint density at radius 1 is 1.05 bits per heavy atom. The number of anilines is 1. The molecular formula is C30H39ClN4O3. The summed E-state index contributed by atoms with van der Waals surface area (Å²) in [7, 11) is 1.63. The van der Waals surface area contributed by atoms with Crippen molar-refractivity contribution >= 4 is 29.2 Å². The minimum Gasteiger partial charge on any atom is -0.385 e. The fourth-order valence-corrected chi connectivity index (χ4v) is 4.48. The van der Waals surface area contributed by atoms with Crippen LogP contribution >= 0.6 is 11.6 Å². The van der Waals surface area contributed by atoms with E-state index in [2.05, 4.69) is 23.7 Å². The Kier molecular flexibility index (Phi) is 11.2. The van der Waals surface area contributed by atoms with Gasteiger partial charge in [0.25, 0.3) is 0 Å². The van der Waals surface area contributed by atoms with Crippen LogP contribution < -0.4 is 5.32 Å². The lowest BCUT2D eigenvalue weighted by atomic mass is 10.2. The van der Waals surface area contributed by atoms with Gasteiger partial charge in [0.2, 0.25) is 5.91 Å². The molecule has 0 saturated carbocycles. The van der Waals surface area contributed by atoms with E-state index in [1.54, 1.807) is 12.0 Å². The van der Waals surface area contributed by atoms with E-state index in [0.29, 0.717) is 49.9 Å². The maximum absolute atomic E-state index is 13.6. The molecule has 0 radical (unpaired) electrons. The van der Waals surface area contributed by atoms with Gasteiger partial charge in [-0.25, -0.2) is 4.79 Å². The molecule has 0 saturated heterocycles. The maximum Gasteiger partial charge on any atom is 0.322 e. The summed E-state index contributed by atoms with van der Waals surface area (Å²) in [6, 6.07) is 19.1. The molecule has 3 amide bonds. The van der Waals surface area contributed by atoms with Gasteiger partial charge in [0.1, 0.15) is 6.54 Å². The van der Waals surface area contributed by atoms with Crippen LogP contribution in [0.15, 0.2) is 66.9 Å². The number of hydrogen-bond acceptors (Lipinski definition) is 3. The number of urea groups is 1. The van der Waals surface area contributed by atoms with Crippen LogP contribution in [0.1, 0.15) is 37.1 Å². The van der Waals surface area contributed by atoms with E-state index in [1.165, 1.54) is 0 Å². The van der Waals surface area contributed by atoms with E-state index >= 15 is 0 Å². The number of nitrogens with zero attached hydrogens (tertiary/aromatic N) is 3. The number of rotatable bonds is 13. The predicted octanol–water partition coefficient (Wildman–Crippen LogP) is 6.05. The fourth-order valence-electron chi connectivity index (χ4n) is 4.29. The van der Waals surface area contributed by atoms with Gasteiger partial charge in [-0.15, -0.1) is 0 Å². The summed E-state index contributed by atoms with van der Waals surface area (Å²) in [5, 5.41) is 3.66. The third-order valence-corrected chi connectivity index (χ3v) is 6.54. The SMILES string of the molecule is COCCCN(CC(=O)N(Cc1cccn1Cc1ccccc1Cl)CC(C)C)C(=O)Nc1cccc(C)c1. The van der Waals surface area contributed by atoms with E-state index < -0.39 is 0 Å². The summed E-state index contributed by atoms with van der Waals surface area (Å²) in [5.74, 6) is 0.176. The molecule has 7 nitrogen and oxygen atoms in total. The van der Waals surface area contributed by atoms with Gasteiger partial charge in [-0.1, -0.05) is 55.8 Å². The van der Waals surface area contributed by atoms with E-state index in [9.17, 15) is 9.59 Å². The van der Waals surface area contributed by atoms with Crippen molar-refractivity contribution in [1.82, 2.24) is 14.4 Å². The monoisotopic (exact) mass is 538 g/mol. The standard InChI is InChI=1S/C30H39ClN4O3/c1-23(2)19-35(21-27-13-8-15-33(27)20-25-11-5-6-14-28(25)31)29(36)22-34(16-9-17-38-4)30(37)32-26-12-7-10-24(3)18-26/h5-8,10-15,18,23H,9,16-17,19-22H2,1-4H3,(H,32,37). The number of aryl methyl sites for hydroxylation is 1. The zero-order chi connectivity index (χ0) is 27.5. The lowest BCUT2D eigenvalue weighted by Gasteiger charge is -2.29. The molecule has 3 aromatic rings. The third-order valence-electron chi connectivity index (χ3n) is 6.17. The van der Waals surface area contributed by atoms with Crippen molar-refractivity contribution in [3.63, 3.8) is 0 Å². The van der Waals surface area contributed by atoms with Gasteiger partial charge in [0.05, 0.1) is 6.54 Å². The highest BCUT2D eigenvalue weighted by Crippen LogP contribution is 2.19. The number of hydrogen-bond donors (Lipinski definition) is 1. The Labute approximate surface area is 231 Å². The molecule has 38 heavy (non-hydrogen) atoms. The molecule has 2 aromatic carbocycles. The minimum atomic E-state index is -0.299. The van der Waals surface area contributed by atoms with Gasteiger partial charge in [-0.2, -0.15) is 0 Å². The number of benzene rings is 2. The highest BCUT2D eigenvalue weighted by Gasteiger charge is 2.23. The highest BCUT2D eigenvalue weighted by molar-refractivity contribution is 6.31. The van der Waals surface area contributed by atoms with Gasteiger partial charge < -0.3 is 24.4 Å². The second-order valence-electron chi connectivity index (χ2n) is 9.95. The number of nitrogens with one attached hydrogen (secondary N) is 1. The van der Waals surface area contributed by atoms with Crippen molar-refractivity contribution in [1.29, 1.82) is 0 Å². The molecule has 1 aromatic heterocycles. The first-order valence-electron chi connectivity index (χ1n) is 13.0. The second kappa shape index (κ2) is 14.6. The van der Waals surface area contributed by atoms with Crippen molar-refractivity contribution in [3.05, 3.63) is 88.7 Å². The first kappa shape index (κ1) is 29.3. The number of amides is 3. The Hall–Kier alpha value is -3.29. The van der Waals surface area contributed by atoms with E-state index in [0.717, 1.165) is 16.8 Å². The van der Waals surface area contributed by atoms with Crippen LogP contribution in [0.5, 0.6) is 0 Å². The predicted molar refractivity (Wildman–Crippen MR) is 154 cm³/mol. The summed E-state index contributed by atoms with van der Waals surface area (Å²) in [5.41, 5.74) is 3.78. The minimum absolute atomic E-state index is 0.0146. The van der Waals surface area contributed by atoms with Crippen LogP contribution in [0.4, 0.5) is 10.5 Å². The summed E-state index contributed by atoms with van der Waals surface area (Å²) in [6.45, 7) is 8.70. The van der Waals surface area contributed by atoms with Crippen LogP contribution in [-0.4, -0.2) is 59.7 Å². The zero-order valence-corrected chi connectivity index (χ0v) is 23.6. The summed E-state index contributed by atoms with van der Waals surface area (Å²) < 4.78 is 7.30. The molecule has 0 unspecified atom stereocenters. The molecule has 3 rings (SSSR count). The number of aromatic nitrogens is 1. The Bertz CT molecular complexity index is 1190. The number of carbonyl (C=O) groups excluding carboxylic acids is 2. The van der Waals surface area contributed by atoms with E-state index in [-0.39, 0.29) is 24.4 Å². The first-order valence-corrected chi connectivity index (χ1v) is 13.4. The summed E-state index contributed by atoms with van der Waals surface area (Å²) in [6.07, 6.45) is 2.64. The van der Waals surface area contributed by atoms with E-state index in [4.69, 9.17) is 16.3 Å². The average Bonchev–Trinajstić information content (AvgIpc) is 3.30. The molecule has 0 spiro atoms. The molecule has 0 aliphatic heterocycles. The molecule has 0 atom stereocenters. The van der Waals surface area contributed by atoms with Crippen molar-refractivity contribution in [2.75, 3.05) is 38.7 Å². The smallest absolute Gasteiger partial charge is 0.322 e. The number of methoxy groups -OCH3 is 1. The zero-order valence-electron chi connectivity index (χ0n) is 22.8. The van der Waals surface area contributed by atoms with Crippen LogP contribution in [0.25, 0.3) is 0 Å². The van der Waals surface area contributed by atoms with Crippen molar-refractivity contribution in [2.24, 2.45) is 5.92 Å². The van der Waals surface area contributed by atoms with E-state index in [1.807, 2.05) is 78.7 Å². The number of halogens is 1. The Morgan fingerprint density at radius 3 is 2.55 bits per heavy atom. The fraction of sp³-hybridized carbons (Fsp3) is 0.400. The molecule has 1 heterocycles. The normalized spacial score (nSPS) is 11.0. The molecule has 0 bridgehead atoms. The van der Waals surface area contributed by atoms with Gasteiger partial charge in [-0.05, 0) is 60.7 Å². The quantitative estimate of drug-likeness (QED) is 0.269. The molecule has 8 heteroatoms. The molecule has 0 fully saturated rings. The van der Waals surface area contributed by atoms with Crippen molar-refractivity contribution in [2.45, 2.75) is 40.3 Å². The van der Waals surface area contributed by atoms with Crippen LogP contribution in [0, 0.1) is 12.8 Å². The van der Waals surface area contributed by atoms with Crippen LogP contribution in [-0.2, 0) is 22.6 Å². The van der Waals surface area contributed by atoms with Crippen molar-refractivity contribution in [3.8, 4) is 0 Å². The molecular weight excluding hydrogens is 500 g/mol.